The van der Waals surface area contributed by atoms with E-state index in [-0.39, 0.29) is 28.3 Å². The third-order valence-corrected chi connectivity index (χ3v) is 4.49. The largest absolute Gasteiger partial charge is 0.460 e. The maximum absolute atomic E-state index is 13.3. The van der Waals surface area contributed by atoms with Gasteiger partial charge < -0.3 is 14.1 Å². The first-order chi connectivity index (χ1) is 13.6. The van der Waals surface area contributed by atoms with Crippen molar-refractivity contribution in [3.8, 4) is 11.5 Å². The lowest BCUT2D eigenvalue weighted by Gasteiger charge is -2.16. The van der Waals surface area contributed by atoms with Crippen molar-refractivity contribution >= 4 is 5.97 Å². The minimum atomic E-state index is -4.80. The molecule has 10 heteroatoms. The van der Waals surface area contributed by atoms with Crippen LogP contribution in [0.3, 0.4) is 0 Å². The molecule has 0 saturated heterocycles. The van der Waals surface area contributed by atoms with E-state index < -0.39 is 41.7 Å². The number of halogens is 4. The standard InChI is InChI=1S/C19H12F4N2O4/c1-8-2-5-12(28-8)15-14-16(25-18(27)24-15)13(29-17(14)26)6-9-3-4-10(20)7-11(9)19(21,22)23/h2-5,7,13H,6H2,1H3,(H,24,25,27). The molecule has 6 nitrogen and oxygen atoms in total. The van der Waals surface area contributed by atoms with E-state index in [4.69, 9.17) is 9.15 Å². The van der Waals surface area contributed by atoms with Crippen LogP contribution >= 0.6 is 0 Å². The fourth-order valence-corrected chi connectivity index (χ4v) is 3.26. The highest BCUT2D eigenvalue weighted by Crippen LogP contribution is 2.39. The summed E-state index contributed by atoms with van der Waals surface area (Å²) in [7, 11) is 0. The summed E-state index contributed by atoms with van der Waals surface area (Å²) in [6, 6.07) is 5.35. The molecule has 29 heavy (non-hydrogen) atoms. The summed E-state index contributed by atoms with van der Waals surface area (Å²) in [6.07, 6.45) is -6.41. The second-order valence-corrected chi connectivity index (χ2v) is 6.49. The first-order valence-electron chi connectivity index (χ1n) is 8.41. The van der Waals surface area contributed by atoms with E-state index in [0.29, 0.717) is 11.8 Å². The van der Waals surface area contributed by atoms with Crippen LogP contribution in [0.15, 0.2) is 39.5 Å². The molecular weight excluding hydrogens is 396 g/mol. The Kier molecular flexibility index (Phi) is 4.29. The summed E-state index contributed by atoms with van der Waals surface area (Å²) < 4.78 is 63.8. The van der Waals surface area contributed by atoms with Crippen LogP contribution in [0.2, 0.25) is 0 Å². The molecule has 0 bridgehead atoms. The lowest BCUT2D eigenvalue weighted by Crippen LogP contribution is -2.18. The van der Waals surface area contributed by atoms with E-state index >= 15 is 0 Å². The molecule has 1 aromatic carbocycles. The van der Waals surface area contributed by atoms with Crippen LogP contribution in [-0.4, -0.2) is 15.9 Å². The number of benzene rings is 1. The fourth-order valence-electron chi connectivity index (χ4n) is 3.26. The number of esters is 1. The van der Waals surface area contributed by atoms with Crippen LogP contribution in [0.5, 0.6) is 0 Å². The highest BCUT2D eigenvalue weighted by Gasteiger charge is 2.39. The van der Waals surface area contributed by atoms with E-state index in [1.165, 1.54) is 6.07 Å². The number of hydrogen-bond donors (Lipinski definition) is 1. The fraction of sp³-hybridized carbons (Fsp3) is 0.211. The van der Waals surface area contributed by atoms with Gasteiger partial charge in [-0.1, -0.05) is 6.07 Å². The van der Waals surface area contributed by atoms with Crippen LogP contribution in [0, 0.1) is 12.7 Å². The molecule has 0 spiro atoms. The Morgan fingerprint density at radius 1 is 1.17 bits per heavy atom. The van der Waals surface area contributed by atoms with Gasteiger partial charge >= 0.3 is 17.8 Å². The molecule has 1 atom stereocenters. The monoisotopic (exact) mass is 408 g/mol. The highest BCUT2D eigenvalue weighted by atomic mass is 19.4. The molecule has 3 heterocycles. The van der Waals surface area contributed by atoms with Crippen LogP contribution < -0.4 is 5.69 Å². The van der Waals surface area contributed by atoms with Gasteiger partial charge in [-0.25, -0.2) is 14.0 Å². The summed E-state index contributed by atoms with van der Waals surface area (Å²) in [5.74, 6) is -1.23. The summed E-state index contributed by atoms with van der Waals surface area (Å²) >= 11 is 0. The van der Waals surface area contributed by atoms with Crippen LogP contribution in [0.1, 0.15) is 39.0 Å². The highest BCUT2D eigenvalue weighted by molar-refractivity contribution is 5.99. The zero-order valence-corrected chi connectivity index (χ0v) is 14.8. The summed E-state index contributed by atoms with van der Waals surface area (Å²) in [5, 5.41) is 0. The molecular formula is C19H12F4N2O4. The quantitative estimate of drug-likeness (QED) is 0.524. The molecule has 1 N–H and O–H groups in total. The summed E-state index contributed by atoms with van der Waals surface area (Å²) in [4.78, 5) is 30.5. The maximum atomic E-state index is 13.3. The SMILES string of the molecule is Cc1ccc(-c2nc(=O)[nH]c3c2C(=O)OC3Cc2ccc(F)cc2C(F)(F)F)o1. The van der Waals surface area contributed by atoms with Gasteiger partial charge in [-0.15, -0.1) is 0 Å². The van der Waals surface area contributed by atoms with E-state index in [1.807, 2.05) is 0 Å². The average Bonchev–Trinajstić information content (AvgIpc) is 3.19. The molecule has 1 aliphatic rings. The number of alkyl halides is 3. The summed E-state index contributed by atoms with van der Waals surface area (Å²) in [5.41, 5.74) is -2.42. The van der Waals surface area contributed by atoms with E-state index in [9.17, 15) is 27.2 Å². The molecule has 3 aromatic rings. The van der Waals surface area contributed by atoms with Gasteiger partial charge in [0.15, 0.2) is 5.76 Å². The van der Waals surface area contributed by atoms with Crippen molar-refractivity contribution in [3.05, 3.63) is 74.8 Å². The first-order valence-corrected chi connectivity index (χ1v) is 8.41. The molecule has 1 aliphatic heterocycles. The van der Waals surface area contributed by atoms with Gasteiger partial charge in [0.05, 0.1) is 11.3 Å². The Morgan fingerprint density at radius 2 is 1.93 bits per heavy atom. The number of carbonyl (C=O) groups excluding carboxylic acids is 1. The summed E-state index contributed by atoms with van der Waals surface area (Å²) in [6.45, 7) is 1.66. The molecule has 150 valence electrons. The van der Waals surface area contributed by atoms with Crippen molar-refractivity contribution in [2.24, 2.45) is 0 Å². The number of ether oxygens (including phenoxy) is 1. The molecule has 0 saturated carbocycles. The van der Waals surface area contributed by atoms with Crippen LogP contribution in [0.4, 0.5) is 17.6 Å². The number of aromatic nitrogens is 2. The number of fused-ring (bicyclic) bond motifs is 1. The maximum Gasteiger partial charge on any atom is 0.416 e. The van der Waals surface area contributed by atoms with Crippen molar-refractivity contribution in [2.75, 3.05) is 0 Å². The predicted octanol–water partition coefficient (Wildman–Crippen LogP) is 3.95. The van der Waals surface area contributed by atoms with Gasteiger partial charge in [-0.3, -0.25) is 0 Å². The Labute approximate surface area is 160 Å². The van der Waals surface area contributed by atoms with Gasteiger partial charge in [-0.2, -0.15) is 18.2 Å². The Bertz CT molecular complexity index is 1180. The topological polar surface area (TPSA) is 85.2 Å². The number of nitrogens with zero attached hydrogens (tertiary/aromatic N) is 1. The third kappa shape index (κ3) is 3.41. The lowest BCUT2D eigenvalue weighted by molar-refractivity contribution is -0.138. The molecule has 1 unspecified atom stereocenters. The van der Waals surface area contributed by atoms with Crippen molar-refractivity contribution in [1.29, 1.82) is 0 Å². The number of hydrogen-bond acceptors (Lipinski definition) is 5. The Balaban J connectivity index is 1.79. The minimum absolute atomic E-state index is 0.00324. The molecule has 2 aromatic heterocycles. The van der Waals surface area contributed by atoms with Crippen molar-refractivity contribution in [3.63, 3.8) is 0 Å². The van der Waals surface area contributed by atoms with Crippen LogP contribution in [0.25, 0.3) is 11.5 Å². The number of carbonyl (C=O) groups is 1. The van der Waals surface area contributed by atoms with E-state index in [2.05, 4.69) is 9.97 Å². The third-order valence-electron chi connectivity index (χ3n) is 4.49. The molecule has 0 aliphatic carbocycles. The average molecular weight is 408 g/mol. The number of aryl methyl sites for hydroxylation is 1. The number of cyclic esters (lactones) is 1. The zero-order chi connectivity index (χ0) is 20.9. The second-order valence-electron chi connectivity index (χ2n) is 6.49. The number of rotatable bonds is 3. The number of furan rings is 1. The van der Waals surface area contributed by atoms with Gasteiger partial charge in [0.2, 0.25) is 0 Å². The van der Waals surface area contributed by atoms with Gasteiger partial charge in [0.1, 0.15) is 28.9 Å². The van der Waals surface area contributed by atoms with Gasteiger partial charge in [0, 0.05) is 6.42 Å². The molecule has 0 radical (unpaired) electrons. The van der Waals surface area contributed by atoms with E-state index in [0.717, 1.165) is 12.1 Å². The number of aromatic amines is 1. The number of H-pyrrole nitrogens is 1. The Morgan fingerprint density at radius 3 is 2.59 bits per heavy atom. The normalized spacial score (nSPS) is 16.0. The molecule has 4 rings (SSSR count). The van der Waals surface area contributed by atoms with Crippen molar-refractivity contribution in [2.45, 2.75) is 25.6 Å². The van der Waals surface area contributed by atoms with Gasteiger partial charge in [0.25, 0.3) is 0 Å². The predicted molar refractivity (Wildman–Crippen MR) is 90.6 cm³/mol. The molecule has 0 amide bonds. The van der Waals surface area contributed by atoms with Crippen molar-refractivity contribution < 1.29 is 31.5 Å². The molecule has 0 fully saturated rings. The second kappa shape index (κ2) is 6.57. The van der Waals surface area contributed by atoms with Gasteiger partial charge in [-0.05, 0) is 36.8 Å². The van der Waals surface area contributed by atoms with Crippen LogP contribution in [-0.2, 0) is 17.3 Å². The number of nitrogens with one attached hydrogen (secondary N) is 1. The first kappa shape index (κ1) is 18.9. The van der Waals surface area contributed by atoms with Crippen molar-refractivity contribution in [1.82, 2.24) is 9.97 Å². The lowest BCUT2D eigenvalue weighted by atomic mass is 9.98. The smallest absolute Gasteiger partial charge is 0.416 e. The zero-order valence-electron chi connectivity index (χ0n) is 14.8. The van der Waals surface area contributed by atoms with E-state index in [1.54, 1.807) is 13.0 Å². The Hall–Kier alpha value is -3.43. The minimum Gasteiger partial charge on any atom is -0.460 e.